The molecule has 0 spiro atoms. The normalized spacial score (nSPS) is 11.0. The molecule has 0 bridgehead atoms. The SMILES string of the molecule is O=C(O)c1ccc(Oc2ccc(S(=O)(=O)c3ccccc3)cc2)cc1C(=O)O. The van der Waals surface area contributed by atoms with Crippen molar-refractivity contribution in [2.45, 2.75) is 9.79 Å². The van der Waals surface area contributed by atoms with Crippen LogP contribution in [-0.4, -0.2) is 30.6 Å². The van der Waals surface area contributed by atoms with Crippen LogP contribution >= 0.6 is 0 Å². The molecule has 8 heteroatoms. The quantitative estimate of drug-likeness (QED) is 0.650. The van der Waals surface area contributed by atoms with Crippen LogP contribution in [0.1, 0.15) is 20.7 Å². The molecule has 0 amide bonds. The van der Waals surface area contributed by atoms with Crippen molar-refractivity contribution in [1.82, 2.24) is 0 Å². The molecule has 0 aliphatic heterocycles. The molecular formula is C20H14O7S. The lowest BCUT2D eigenvalue weighted by Gasteiger charge is -2.09. The maximum atomic E-state index is 12.6. The highest BCUT2D eigenvalue weighted by molar-refractivity contribution is 7.91. The van der Waals surface area contributed by atoms with Gasteiger partial charge in [-0.1, -0.05) is 18.2 Å². The topological polar surface area (TPSA) is 118 Å². The Bertz CT molecular complexity index is 1130. The summed E-state index contributed by atoms with van der Waals surface area (Å²) < 4.78 is 30.7. The van der Waals surface area contributed by atoms with Gasteiger partial charge in [0, 0.05) is 0 Å². The van der Waals surface area contributed by atoms with Crippen LogP contribution in [0.4, 0.5) is 0 Å². The zero-order valence-electron chi connectivity index (χ0n) is 14.3. The van der Waals surface area contributed by atoms with Gasteiger partial charge in [0.1, 0.15) is 11.5 Å². The summed E-state index contributed by atoms with van der Waals surface area (Å²) in [5.41, 5.74) is -0.766. The molecular weight excluding hydrogens is 384 g/mol. The average molecular weight is 398 g/mol. The van der Waals surface area contributed by atoms with E-state index in [0.29, 0.717) is 0 Å². The van der Waals surface area contributed by atoms with Crippen LogP contribution in [0.3, 0.4) is 0 Å². The summed E-state index contributed by atoms with van der Waals surface area (Å²) in [6.45, 7) is 0. The molecule has 0 aliphatic rings. The fourth-order valence-corrected chi connectivity index (χ4v) is 3.79. The van der Waals surface area contributed by atoms with Gasteiger partial charge in [-0.05, 0) is 54.6 Å². The van der Waals surface area contributed by atoms with Crippen LogP contribution < -0.4 is 4.74 Å². The zero-order chi connectivity index (χ0) is 20.3. The maximum absolute atomic E-state index is 12.6. The molecule has 0 saturated heterocycles. The van der Waals surface area contributed by atoms with Crippen LogP contribution in [0.25, 0.3) is 0 Å². The summed E-state index contributed by atoms with van der Waals surface area (Å²) in [4.78, 5) is 22.6. The summed E-state index contributed by atoms with van der Waals surface area (Å²) in [5.74, 6) is -2.38. The van der Waals surface area contributed by atoms with Gasteiger partial charge < -0.3 is 14.9 Å². The molecule has 142 valence electrons. The lowest BCUT2D eigenvalue weighted by Crippen LogP contribution is -2.08. The number of carbonyl (C=O) groups is 2. The lowest BCUT2D eigenvalue weighted by atomic mass is 10.1. The number of hydrogen-bond donors (Lipinski definition) is 2. The molecule has 0 unspecified atom stereocenters. The van der Waals surface area contributed by atoms with E-state index >= 15 is 0 Å². The van der Waals surface area contributed by atoms with Crippen molar-refractivity contribution in [3.05, 3.63) is 83.9 Å². The molecule has 2 N–H and O–H groups in total. The second-order valence-corrected chi connectivity index (χ2v) is 7.66. The van der Waals surface area contributed by atoms with Crippen molar-refractivity contribution in [3.8, 4) is 11.5 Å². The number of aromatic carboxylic acids is 2. The standard InChI is InChI=1S/C20H14O7S/c21-19(22)17-11-8-14(12-18(17)20(23)24)27-13-6-9-16(10-7-13)28(25,26)15-4-2-1-3-5-15/h1-12H,(H,21,22)(H,23,24). The van der Waals surface area contributed by atoms with E-state index in [2.05, 4.69) is 0 Å². The van der Waals surface area contributed by atoms with E-state index in [1.165, 1.54) is 42.5 Å². The van der Waals surface area contributed by atoms with Crippen molar-refractivity contribution >= 4 is 21.8 Å². The second kappa shape index (κ2) is 7.53. The average Bonchev–Trinajstić information content (AvgIpc) is 2.69. The summed E-state index contributed by atoms with van der Waals surface area (Å²) in [5, 5.41) is 18.2. The molecule has 0 radical (unpaired) electrons. The summed E-state index contributed by atoms with van der Waals surface area (Å²) >= 11 is 0. The zero-order valence-corrected chi connectivity index (χ0v) is 15.1. The van der Waals surface area contributed by atoms with E-state index in [9.17, 15) is 18.0 Å². The number of benzene rings is 3. The summed E-state index contributed by atoms with van der Waals surface area (Å²) in [6, 6.07) is 17.1. The first-order chi connectivity index (χ1) is 13.3. The van der Waals surface area contributed by atoms with Crippen molar-refractivity contribution in [2.75, 3.05) is 0 Å². The highest BCUT2D eigenvalue weighted by Gasteiger charge is 2.18. The molecule has 3 aromatic carbocycles. The van der Waals surface area contributed by atoms with Gasteiger partial charge in [-0.3, -0.25) is 0 Å². The molecule has 0 fully saturated rings. The minimum absolute atomic E-state index is 0.0819. The van der Waals surface area contributed by atoms with E-state index in [1.807, 2.05) is 0 Å². The van der Waals surface area contributed by atoms with Crippen molar-refractivity contribution in [2.24, 2.45) is 0 Å². The fourth-order valence-electron chi connectivity index (χ4n) is 2.51. The lowest BCUT2D eigenvalue weighted by molar-refractivity contribution is 0.0651. The van der Waals surface area contributed by atoms with Crippen LogP contribution in [0.2, 0.25) is 0 Å². The van der Waals surface area contributed by atoms with E-state index in [1.54, 1.807) is 18.2 Å². The third-order valence-electron chi connectivity index (χ3n) is 3.88. The Kier molecular flexibility index (Phi) is 5.14. The van der Waals surface area contributed by atoms with E-state index in [4.69, 9.17) is 14.9 Å². The predicted octanol–water partition coefficient (Wildman–Crippen LogP) is 3.71. The smallest absolute Gasteiger partial charge is 0.336 e. The van der Waals surface area contributed by atoms with Gasteiger partial charge in [0.05, 0.1) is 20.9 Å². The summed E-state index contributed by atoms with van der Waals surface area (Å²) in [7, 11) is -3.66. The molecule has 0 heterocycles. The highest BCUT2D eigenvalue weighted by Crippen LogP contribution is 2.27. The molecule has 0 aromatic heterocycles. The van der Waals surface area contributed by atoms with Gasteiger partial charge in [-0.2, -0.15) is 0 Å². The first kappa shape index (κ1) is 19.1. The van der Waals surface area contributed by atoms with Crippen LogP contribution in [0.5, 0.6) is 11.5 Å². The van der Waals surface area contributed by atoms with Crippen molar-refractivity contribution < 1.29 is 33.0 Å². The Morgan fingerprint density at radius 1 is 0.679 bits per heavy atom. The van der Waals surface area contributed by atoms with Gasteiger partial charge in [0.15, 0.2) is 0 Å². The minimum atomic E-state index is -3.66. The van der Waals surface area contributed by atoms with Gasteiger partial charge in [0.25, 0.3) is 0 Å². The number of carboxylic acid groups (broad SMARTS) is 2. The summed E-state index contributed by atoms with van der Waals surface area (Å²) in [6.07, 6.45) is 0. The first-order valence-electron chi connectivity index (χ1n) is 7.98. The van der Waals surface area contributed by atoms with Crippen LogP contribution in [0, 0.1) is 0 Å². The molecule has 3 aromatic rings. The molecule has 7 nitrogen and oxygen atoms in total. The fraction of sp³-hybridized carbons (Fsp3) is 0. The number of carboxylic acids is 2. The first-order valence-corrected chi connectivity index (χ1v) is 9.46. The second-order valence-electron chi connectivity index (χ2n) is 5.71. The van der Waals surface area contributed by atoms with Crippen LogP contribution in [-0.2, 0) is 9.84 Å². The van der Waals surface area contributed by atoms with E-state index < -0.39 is 27.3 Å². The number of ether oxygens (including phenoxy) is 1. The monoisotopic (exact) mass is 398 g/mol. The molecule has 0 atom stereocenters. The van der Waals surface area contributed by atoms with Gasteiger partial charge >= 0.3 is 11.9 Å². The van der Waals surface area contributed by atoms with Crippen molar-refractivity contribution in [3.63, 3.8) is 0 Å². The highest BCUT2D eigenvalue weighted by atomic mass is 32.2. The predicted molar refractivity (Wildman–Crippen MR) is 98.8 cm³/mol. The largest absolute Gasteiger partial charge is 0.478 e. The number of rotatable bonds is 6. The molecule has 28 heavy (non-hydrogen) atoms. The van der Waals surface area contributed by atoms with Gasteiger partial charge in [-0.15, -0.1) is 0 Å². The third-order valence-corrected chi connectivity index (χ3v) is 5.66. The van der Waals surface area contributed by atoms with Gasteiger partial charge in [-0.25, -0.2) is 18.0 Å². The maximum Gasteiger partial charge on any atom is 0.336 e. The Morgan fingerprint density at radius 3 is 1.79 bits per heavy atom. The Hall–Kier alpha value is -3.65. The van der Waals surface area contributed by atoms with E-state index in [0.717, 1.165) is 12.1 Å². The van der Waals surface area contributed by atoms with Gasteiger partial charge in [0.2, 0.25) is 9.84 Å². The Balaban J connectivity index is 1.86. The Labute approximate surface area is 160 Å². The van der Waals surface area contributed by atoms with Crippen molar-refractivity contribution in [1.29, 1.82) is 0 Å². The van der Waals surface area contributed by atoms with E-state index in [-0.39, 0.29) is 26.9 Å². The Morgan fingerprint density at radius 2 is 1.21 bits per heavy atom. The minimum Gasteiger partial charge on any atom is -0.478 e. The number of hydrogen-bond acceptors (Lipinski definition) is 5. The van der Waals surface area contributed by atoms with Crippen LogP contribution in [0.15, 0.2) is 82.6 Å². The third kappa shape index (κ3) is 3.86. The number of sulfone groups is 1. The molecule has 0 saturated carbocycles. The molecule has 3 rings (SSSR count). The molecule has 0 aliphatic carbocycles.